The summed E-state index contributed by atoms with van der Waals surface area (Å²) in [6, 6.07) is 14.5. The molecule has 0 atom stereocenters. The van der Waals surface area contributed by atoms with Crippen molar-refractivity contribution in [2.24, 2.45) is 0 Å². The van der Waals surface area contributed by atoms with E-state index in [2.05, 4.69) is 15.6 Å². The third-order valence-electron chi connectivity index (χ3n) is 4.28. The fraction of sp³-hybridized carbons (Fsp3) is 0.182. The summed E-state index contributed by atoms with van der Waals surface area (Å²) >= 11 is 0. The van der Waals surface area contributed by atoms with Gasteiger partial charge in [-0.2, -0.15) is 0 Å². The summed E-state index contributed by atoms with van der Waals surface area (Å²) in [6.07, 6.45) is 1.60. The molecular formula is C22H23N3O4. The molecule has 0 radical (unpaired) electrons. The molecule has 0 saturated carbocycles. The number of anilines is 3. The van der Waals surface area contributed by atoms with Gasteiger partial charge in [-0.3, -0.25) is 4.79 Å². The average molecular weight is 393 g/mol. The van der Waals surface area contributed by atoms with Crippen molar-refractivity contribution in [2.75, 3.05) is 32.0 Å². The van der Waals surface area contributed by atoms with Gasteiger partial charge in [0, 0.05) is 6.07 Å². The van der Waals surface area contributed by atoms with Gasteiger partial charge in [0.05, 0.1) is 44.6 Å². The van der Waals surface area contributed by atoms with Crippen LogP contribution < -0.4 is 24.8 Å². The normalized spacial score (nSPS) is 10.2. The van der Waals surface area contributed by atoms with E-state index in [1.54, 1.807) is 50.7 Å². The molecule has 7 heteroatoms. The van der Waals surface area contributed by atoms with E-state index in [4.69, 9.17) is 14.2 Å². The number of pyridine rings is 1. The molecule has 0 fully saturated rings. The van der Waals surface area contributed by atoms with Crippen LogP contribution in [-0.4, -0.2) is 32.2 Å². The minimum atomic E-state index is -0.351. The summed E-state index contributed by atoms with van der Waals surface area (Å²) < 4.78 is 15.9. The monoisotopic (exact) mass is 393 g/mol. The van der Waals surface area contributed by atoms with Crippen LogP contribution in [0.4, 0.5) is 17.1 Å². The van der Waals surface area contributed by atoms with Gasteiger partial charge >= 0.3 is 0 Å². The number of methoxy groups -OCH3 is 3. The third-order valence-corrected chi connectivity index (χ3v) is 4.28. The highest BCUT2D eigenvalue weighted by atomic mass is 16.5. The Hall–Kier alpha value is -3.74. The number of hydrogen-bond donors (Lipinski definition) is 2. The van der Waals surface area contributed by atoms with E-state index < -0.39 is 0 Å². The lowest BCUT2D eigenvalue weighted by Crippen LogP contribution is -2.14. The molecular weight excluding hydrogens is 370 g/mol. The fourth-order valence-electron chi connectivity index (χ4n) is 2.78. The molecule has 3 aromatic rings. The summed E-state index contributed by atoms with van der Waals surface area (Å²) in [7, 11) is 4.72. The SMILES string of the molecule is COc1ccc(OC)c(NC(=O)c2ccc(Nc3cc(C)ccc3OC)cn2)c1. The third kappa shape index (κ3) is 4.76. The number of rotatable bonds is 7. The number of hydrogen-bond acceptors (Lipinski definition) is 6. The Balaban J connectivity index is 1.75. The van der Waals surface area contributed by atoms with E-state index in [0.29, 0.717) is 17.2 Å². The first-order chi connectivity index (χ1) is 14.0. The Labute approximate surface area is 169 Å². The molecule has 2 aromatic carbocycles. The number of nitrogens with one attached hydrogen (secondary N) is 2. The molecule has 150 valence electrons. The number of amides is 1. The molecule has 1 heterocycles. The fourth-order valence-corrected chi connectivity index (χ4v) is 2.78. The van der Waals surface area contributed by atoms with Gasteiger partial charge in [-0.25, -0.2) is 4.98 Å². The topological polar surface area (TPSA) is 81.7 Å². The van der Waals surface area contributed by atoms with Crippen molar-refractivity contribution >= 4 is 23.0 Å². The van der Waals surface area contributed by atoms with Crippen molar-refractivity contribution in [3.8, 4) is 17.2 Å². The Morgan fingerprint density at radius 2 is 1.59 bits per heavy atom. The van der Waals surface area contributed by atoms with Gasteiger partial charge in [0.1, 0.15) is 22.9 Å². The Morgan fingerprint density at radius 1 is 0.862 bits per heavy atom. The van der Waals surface area contributed by atoms with Crippen molar-refractivity contribution in [3.63, 3.8) is 0 Å². The van der Waals surface area contributed by atoms with Crippen LogP contribution in [0.15, 0.2) is 54.7 Å². The molecule has 0 spiro atoms. The zero-order valence-electron chi connectivity index (χ0n) is 16.8. The van der Waals surface area contributed by atoms with Crippen LogP contribution in [0.3, 0.4) is 0 Å². The minimum absolute atomic E-state index is 0.275. The highest BCUT2D eigenvalue weighted by molar-refractivity contribution is 6.04. The van der Waals surface area contributed by atoms with Crippen LogP contribution in [-0.2, 0) is 0 Å². The molecule has 0 aliphatic carbocycles. The molecule has 7 nitrogen and oxygen atoms in total. The van der Waals surface area contributed by atoms with Gasteiger partial charge in [-0.15, -0.1) is 0 Å². The van der Waals surface area contributed by atoms with E-state index in [9.17, 15) is 4.79 Å². The molecule has 1 amide bonds. The molecule has 0 aliphatic rings. The Kier molecular flexibility index (Phi) is 6.19. The highest BCUT2D eigenvalue weighted by Crippen LogP contribution is 2.30. The van der Waals surface area contributed by atoms with Gasteiger partial charge in [-0.05, 0) is 48.9 Å². The molecule has 0 saturated heterocycles. The smallest absolute Gasteiger partial charge is 0.274 e. The largest absolute Gasteiger partial charge is 0.497 e. The van der Waals surface area contributed by atoms with Crippen LogP contribution in [0.1, 0.15) is 16.1 Å². The van der Waals surface area contributed by atoms with Gasteiger partial charge in [0.2, 0.25) is 0 Å². The second-order valence-corrected chi connectivity index (χ2v) is 6.28. The number of carbonyl (C=O) groups is 1. The number of carbonyl (C=O) groups excluding carboxylic acids is 1. The van der Waals surface area contributed by atoms with Crippen LogP contribution >= 0.6 is 0 Å². The van der Waals surface area contributed by atoms with Crippen LogP contribution in [0.5, 0.6) is 17.2 Å². The Morgan fingerprint density at radius 3 is 2.24 bits per heavy atom. The predicted octanol–water partition coefficient (Wildman–Crippen LogP) is 4.41. The van der Waals surface area contributed by atoms with Crippen molar-refractivity contribution in [2.45, 2.75) is 6.92 Å². The predicted molar refractivity (Wildman–Crippen MR) is 113 cm³/mol. The molecule has 29 heavy (non-hydrogen) atoms. The quantitative estimate of drug-likeness (QED) is 0.619. The van der Waals surface area contributed by atoms with Crippen molar-refractivity contribution in [3.05, 3.63) is 66.0 Å². The lowest BCUT2D eigenvalue weighted by molar-refractivity contribution is 0.102. The van der Waals surface area contributed by atoms with E-state index >= 15 is 0 Å². The van der Waals surface area contributed by atoms with Crippen LogP contribution in [0.25, 0.3) is 0 Å². The van der Waals surface area contributed by atoms with Crippen molar-refractivity contribution < 1.29 is 19.0 Å². The number of benzene rings is 2. The standard InChI is InChI=1S/C22H23N3O4/c1-14-5-9-20(28-3)18(11-14)24-15-6-8-17(23-13-15)22(26)25-19-12-16(27-2)7-10-21(19)29-4/h5-13,24H,1-4H3,(H,25,26). The number of ether oxygens (including phenoxy) is 3. The molecule has 1 aromatic heterocycles. The first-order valence-corrected chi connectivity index (χ1v) is 8.95. The lowest BCUT2D eigenvalue weighted by Gasteiger charge is -2.13. The van der Waals surface area contributed by atoms with Gasteiger partial charge in [-0.1, -0.05) is 6.07 Å². The first-order valence-electron chi connectivity index (χ1n) is 8.95. The van der Waals surface area contributed by atoms with E-state index in [0.717, 1.165) is 22.7 Å². The van der Waals surface area contributed by atoms with Crippen LogP contribution in [0.2, 0.25) is 0 Å². The van der Waals surface area contributed by atoms with E-state index in [1.165, 1.54) is 7.11 Å². The molecule has 0 unspecified atom stereocenters. The lowest BCUT2D eigenvalue weighted by atomic mass is 10.2. The highest BCUT2D eigenvalue weighted by Gasteiger charge is 2.12. The van der Waals surface area contributed by atoms with Gasteiger partial charge in [0.15, 0.2) is 0 Å². The number of aryl methyl sites for hydroxylation is 1. The zero-order valence-corrected chi connectivity index (χ0v) is 16.8. The molecule has 2 N–H and O–H groups in total. The number of nitrogens with zero attached hydrogens (tertiary/aromatic N) is 1. The van der Waals surface area contributed by atoms with Gasteiger partial charge < -0.3 is 24.8 Å². The summed E-state index contributed by atoms with van der Waals surface area (Å²) in [6.45, 7) is 2.00. The van der Waals surface area contributed by atoms with E-state index in [-0.39, 0.29) is 11.6 Å². The summed E-state index contributed by atoms with van der Waals surface area (Å²) in [5.74, 6) is 1.52. The Bertz CT molecular complexity index is 1000. The van der Waals surface area contributed by atoms with Crippen LogP contribution in [0, 0.1) is 6.92 Å². The summed E-state index contributed by atoms with van der Waals surface area (Å²) in [5, 5.41) is 6.06. The second kappa shape index (κ2) is 8.97. The van der Waals surface area contributed by atoms with Crippen molar-refractivity contribution in [1.82, 2.24) is 4.98 Å². The summed E-state index contributed by atoms with van der Waals surface area (Å²) in [5.41, 5.74) is 3.45. The molecule has 3 rings (SSSR count). The average Bonchev–Trinajstić information content (AvgIpc) is 2.74. The zero-order chi connectivity index (χ0) is 20.8. The summed E-state index contributed by atoms with van der Waals surface area (Å²) in [4.78, 5) is 16.8. The second-order valence-electron chi connectivity index (χ2n) is 6.28. The molecule has 0 bridgehead atoms. The maximum Gasteiger partial charge on any atom is 0.274 e. The number of aromatic nitrogens is 1. The molecule has 0 aliphatic heterocycles. The maximum atomic E-state index is 12.6. The maximum absolute atomic E-state index is 12.6. The first kappa shape index (κ1) is 20.0. The van der Waals surface area contributed by atoms with Gasteiger partial charge in [0.25, 0.3) is 5.91 Å². The van der Waals surface area contributed by atoms with Crippen molar-refractivity contribution in [1.29, 1.82) is 0 Å². The minimum Gasteiger partial charge on any atom is -0.497 e. The van der Waals surface area contributed by atoms with E-state index in [1.807, 2.05) is 25.1 Å².